The summed E-state index contributed by atoms with van der Waals surface area (Å²) in [5.41, 5.74) is -1.27. The van der Waals surface area contributed by atoms with E-state index in [9.17, 15) is 14.7 Å². The summed E-state index contributed by atoms with van der Waals surface area (Å²) in [4.78, 5) is 25.2. The number of carboxylic acids is 1. The molecule has 0 bridgehead atoms. The summed E-state index contributed by atoms with van der Waals surface area (Å²) >= 11 is 2.20. The Hall–Kier alpha value is -0.330. The molecule has 0 radical (unpaired) electrons. The highest BCUT2D eigenvalue weighted by molar-refractivity contribution is 14.1. The van der Waals surface area contributed by atoms with Crippen LogP contribution >= 0.6 is 22.6 Å². The lowest BCUT2D eigenvalue weighted by atomic mass is 9.65. The SMILES string of the molecule is CN(C)C(=O)[C@@H]1CC[C@](C)(C(=O)O)[C@]1(C)CI. The molecule has 1 N–H and O–H groups in total. The Kier molecular flexibility index (Phi) is 4.11. The number of amides is 1. The second-order valence-electron chi connectivity index (χ2n) is 5.51. The number of halogens is 1. The average molecular weight is 353 g/mol. The molecule has 1 aliphatic carbocycles. The molecule has 1 rings (SSSR count). The van der Waals surface area contributed by atoms with Gasteiger partial charge in [0.05, 0.1) is 5.41 Å². The maximum atomic E-state index is 12.2. The number of alkyl halides is 1. The number of hydrogen-bond donors (Lipinski definition) is 1. The van der Waals surface area contributed by atoms with Crippen LogP contribution < -0.4 is 0 Å². The molecule has 3 atom stereocenters. The standard InChI is InChI=1S/C12H20INO3/c1-11(10(16)17)6-5-8(9(15)14(3)4)12(11,2)7-13/h8H,5-7H2,1-4H3,(H,16,17)/t8-,11+,12+/m0/s1. The number of carboxylic acid groups (broad SMARTS) is 1. The van der Waals surface area contributed by atoms with Crippen molar-refractivity contribution in [3.8, 4) is 0 Å². The average Bonchev–Trinajstić information content (AvgIpc) is 2.53. The number of carbonyl (C=O) groups excluding carboxylic acids is 1. The van der Waals surface area contributed by atoms with Gasteiger partial charge in [0.15, 0.2) is 0 Å². The highest BCUT2D eigenvalue weighted by Gasteiger charge is 2.60. The Labute approximate surface area is 116 Å². The van der Waals surface area contributed by atoms with Gasteiger partial charge in [-0.15, -0.1) is 0 Å². The smallest absolute Gasteiger partial charge is 0.309 e. The highest BCUT2D eigenvalue weighted by Crippen LogP contribution is 2.57. The van der Waals surface area contributed by atoms with E-state index in [1.165, 1.54) is 0 Å². The van der Waals surface area contributed by atoms with Crippen molar-refractivity contribution in [1.82, 2.24) is 4.90 Å². The van der Waals surface area contributed by atoms with Gasteiger partial charge in [-0.2, -0.15) is 0 Å². The van der Waals surface area contributed by atoms with Crippen LogP contribution in [0, 0.1) is 16.7 Å². The maximum Gasteiger partial charge on any atom is 0.309 e. The summed E-state index contributed by atoms with van der Waals surface area (Å²) < 4.78 is 0.678. The molecule has 0 aromatic heterocycles. The summed E-state index contributed by atoms with van der Waals surface area (Å²) in [5, 5.41) is 9.45. The lowest BCUT2D eigenvalue weighted by Gasteiger charge is -2.40. The van der Waals surface area contributed by atoms with Crippen LogP contribution in [0.3, 0.4) is 0 Å². The van der Waals surface area contributed by atoms with Gasteiger partial charge in [-0.05, 0) is 19.8 Å². The van der Waals surface area contributed by atoms with Gasteiger partial charge in [0.1, 0.15) is 0 Å². The normalized spacial score (nSPS) is 36.9. The summed E-state index contributed by atoms with van der Waals surface area (Å²) in [5.74, 6) is -0.921. The van der Waals surface area contributed by atoms with Crippen molar-refractivity contribution >= 4 is 34.5 Å². The molecule has 0 aromatic carbocycles. The first kappa shape index (κ1) is 14.7. The van der Waals surface area contributed by atoms with Crippen LogP contribution in [0.5, 0.6) is 0 Å². The monoisotopic (exact) mass is 353 g/mol. The van der Waals surface area contributed by atoms with Crippen LogP contribution in [-0.4, -0.2) is 40.4 Å². The molecular formula is C12H20INO3. The third-order valence-electron chi connectivity index (χ3n) is 4.45. The summed E-state index contributed by atoms with van der Waals surface area (Å²) in [6.45, 7) is 3.71. The largest absolute Gasteiger partial charge is 0.481 e. The Bertz CT molecular complexity index is 345. The molecule has 1 aliphatic rings. The Morgan fingerprint density at radius 3 is 2.29 bits per heavy atom. The molecule has 0 heterocycles. The summed E-state index contributed by atoms with van der Waals surface area (Å²) in [6.07, 6.45) is 1.24. The minimum Gasteiger partial charge on any atom is -0.481 e. The van der Waals surface area contributed by atoms with Crippen LogP contribution in [0.4, 0.5) is 0 Å². The van der Waals surface area contributed by atoms with Crippen molar-refractivity contribution in [2.75, 3.05) is 18.5 Å². The minimum absolute atomic E-state index is 0.0501. The van der Waals surface area contributed by atoms with Crippen molar-refractivity contribution in [2.24, 2.45) is 16.7 Å². The summed E-state index contributed by atoms with van der Waals surface area (Å²) in [6, 6.07) is 0. The van der Waals surface area contributed by atoms with E-state index in [0.717, 1.165) is 0 Å². The molecular weight excluding hydrogens is 333 g/mol. The predicted octanol–water partition coefficient (Wildman–Crippen LogP) is 2.02. The number of hydrogen-bond acceptors (Lipinski definition) is 2. The topological polar surface area (TPSA) is 57.6 Å². The first-order valence-corrected chi connectivity index (χ1v) is 7.24. The van der Waals surface area contributed by atoms with E-state index in [1.54, 1.807) is 25.9 Å². The Morgan fingerprint density at radius 2 is 1.94 bits per heavy atom. The van der Waals surface area contributed by atoms with E-state index >= 15 is 0 Å². The van der Waals surface area contributed by atoms with Crippen molar-refractivity contribution in [3.63, 3.8) is 0 Å². The minimum atomic E-state index is -0.801. The fourth-order valence-electron chi connectivity index (χ4n) is 2.72. The molecule has 4 nitrogen and oxygen atoms in total. The quantitative estimate of drug-likeness (QED) is 0.624. The third kappa shape index (κ3) is 2.06. The van der Waals surface area contributed by atoms with E-state index < -0.39 is 16.8 Å². The van der Waals surface area contributed by atoms with Gasteiger partial charge in [0.2, 0.25) is 5.91 Å². The third-order valence-corrected chi connectivity index (χ3v) is 6.04. The molecule has 0 spiro atoms. The van der Waals surface area contributed by atoms with Crippen molar-refractivity contribution in [1.29, 1.82) is 0 Å². The zero-order chi connectivity index (χ0) is 13.4. The second kappa shape index (κ2) is 4.74. The first-order chi connectivity index (χ1) is 7.70. The fourth-order valence-corrected chi connectivity index (χ4v) is 4.09. The van der Waals surface area contributed by atoms with Gasteiger partial charge in [0.25, 0.3) is 0 Å². The highest BCUT2D eigenvalue weighted by atomic mass is 127. The number of aliphatic carboxylic acids is 1. The Balaban J connectivity index is 3.15. The van der Waals surface area contributed by atoms with Crippen LogP contribution in [0.25, 0.3) is 0 Å². The maximum absolute atomic E-state index is 12.2. The van der Waals surface area contributed by atoms with Gasteiger partial charge in [-0.25, -0.2) is 0 Å². The summed E-state index contributed by atoms with van der Waals surface area (Å²) in [7, 11) is 3.46. The molecule has 98 valence electrons. The molecule has 1 fully saturated rings. The zero-order valence-corrected chi connectivity index (χ0v) is 12.9. The van der Waals surface area contributed by atoms with Crippen LogP contribution in [0.15, 0.2) is 0 Å². The van der Waals surface area contributed by atoms with Crippen molar-refractivity contribution in [3.05, 3.63) is 0 Å². The van der Waals surface area contributed by atoms with E-state index in [0.29, 0.717) is 17.3 Å². The molecule has 1 saturated carbocycles. The van der Waals surface area contributed by atoms with Crippen molar-refractivity contribution in [2.45, 2.75) is 26.7 Å². The number of rotatable bonds is 3. The van der Waals surface area contributed by atoms with E-state index in [2.05, 4.69) is 22.6 Å². The molecule has 0 saturated heterocycles. The Morgan fingerprint density at radius 1 is 1.41 bits per heavy atom. The number of carbonyl (C=O) groups is 2. The molecule has 17 heavy (non-hydrogen) atoms. The van der Waals surface area contributed by atoms with Crippen molar-refractivity contribution < 1.29 is 14.7 Å². The van der Waals surface area contributed by atoms with Crippen LogP contribution in [0.2, 0.25) is 0 Å². The van der Waals surface area contributed by atoms with Crippen LogP contribution in [0.1, 0.15) is 26.7 Å². The second-order valence-corrected chi connectivity index (χ2v) is 6.28. The lowest BCUT2D eigenvalue weighted by Crippen LogP contribution is -2.48. The molecule has 0 unspecified atom stereocenters. The van der Waals surface area contributed by atoms with Crippen LogP contribution in [-0.2, 0) is 9.59 Å². The fraction of sp³-hybridized carbons (Fsp3) is 0.833. The van der Waals surface area contributed by atoms with Gasteiger partial charge < -0.3 is 10.0 Å². The van der Waals surface area contributed by atoms with Gasteiger partial charge in [-0.3, -0.25) is 9.59 Å². The van der Waals surface area contributed by atoms with Gasteiger partial charge in [0, 0.05) is 29.9 Å². The van der Waals surface area contributed by atoms with E-state index in [1.807, 2.05) is 6.92 Å². The molecule has 0 aromatic rings. The molecule has 5 heteroatoms. The van der Waals surface area contributed by atoms with Gasteiger partial charge >= 0.3 is 5.97 Å². The van der Waals surface area contributed by atoms with Gasteiger partial charge in [-0.1, -0.05) is 29.5 Å². The van der Waals surface area contributed by atoms with E-state index in [-0.39, 0.29) is 11.8 Å². The lowest BCUT2D eigenvalue weighted by molar-refractivity contribution is -0.155. The zero-order valence-electron chi connectivity index (χ0n) is 10.8. The first-order valence-electron chi connectivity index (χ1n) is 5.71. The van der Waals surface area contributed by atoms with E-state index in [4.69, 9.17) is 0 Å². The number of nitrogens with zero attached hydrogens (tertiary/aromatic N) is 1. The molecule has 1 amide bonds. The predicted molar refractivity (Wildman–Crippen MR) is 74.2 cm³/mol. The molecule has 0 aliphatic heterocycles.